The molecule has 0 saturated heterocycles. The van der Waals surface area contributed by atoms with Crippen molar-refractivity contribution in [1.29, 1.82) is 0 Å². The van der Waals surface area contributed by atoms with Crippen LogP contribution in [0.2, 0.25) is 0 Å². The summed E-state index contributed by atoms with van der Waals surface area (Å²) in [7, 11) is -1.21. The van der Waals surface area contributed by atoms with E-state index in [-0.39, 0.29) is 10.6 Å². The highest BCUT2D eigenvalue weighted by atomic mass is 32.2. The van der Waals surface area contributed by atoms with Gasteiger partial charge in [0.15, 0.2) is 0 Å². The van der Waals surface area contributed by atoms with Gasteiger partial charge in [0.05, 0.1) is 19.3 Å². The van der Waals surface area contributed by atoms with Crippen LogP contribution in [0.25, 0.3) is 6.08 Å². The fraction of sp³-hybridized carbons (Fsp3) is 0.176. The first-order chi connectivity index (χ1) is 12.3. The fourth-order valence-corrected chi connectivity index (χ4v) is 3.57. The lowest BCUT2D eigenvalue weighted by molar-refractivity contribution is -0.116. The van der Waals surface area contributed by atoms with Gasteiger partial charge in [-0.1, -0.05) is 30.3 Å². The Morgan fingerprint density at radius 3 is 2.58 bits per heavy atom. The molecule has 1 aromatic carbocycles. The first kappa shape index (κ1) is 19.8. The smallest absolute Gasteiger partial charge is 0.350 e. The molecule has 1 aromatic heterocycles. The predicted octanol–water partition coefficient (Wildman–Crippen LogP) is 2.41. The van der Waals surface area contributed by atoms with Crippen molar-refractivity contribution in [3.8, 4) is 0 Å². The number of hydrogen-bond donors (Lipinski definition) is 1. The van der Waals surface area contributed by atoms with Crippen LogP contribution in [0.5, 0.6) is 0 Å². The summed E-state index contributed by atoms with van der Waals surface area (Å²) in [5, 5.41) is 5.19. The van der Waals surface area contributed by atoms with Gasteiger partial charge in [0.1, 0.15) is 4.88 Å². The molecule has 1 heterocycles. The molecule has 0 radical (unpaired) electrons. The molecule has 0 unspecified atom stereocenters. The Labute approximate surface area is 156 Å². The SMILES string of the molecule is COC(=O)c1sccc1NC(=O)CN(C)S(=O)(=O)C=Cc1ccccc1. The van der Waals surface area contributed by atoms with Gasteiger partial charge in [-0.3, -0.25) is 4.79 Å². The van der Waals surface area contributed by atoms with Gasteiger partial charge in [-0.05, 0) is 23.1 Å². The van der Waals surface area contributed by atoms with Gasteiger partial charge < -0.3 is 10.1 Å². The first-order valence-corrected chi connectivity index (χ1v) is 9.87. The largest absolute Gasteiger partial charge is 0.465 e. The number of methoxy groups -OCH3 is 1. The molecule has 1 N–H and O–H groups in total. The Balaban J connectivity index is 2.01. The van der Waals surface area contributed by atoms with Crippen LogP contribution in [-0.2, 0) is 19.6 Å². The van der Waals surface area contributed by atoms with Crippen molar-refractivity contribution in [2.45, 2.75) is 0 Å². The molecule has 0 spiro atoms. The molecule has 2 aromatic rings. The number of carbonyl (C=O) groups excluding carboxylic acids is 2. The minimum atomic E-state index is -3.76. The number of benzene rings is 1. The Bertz CT molecular complexity index is 904. The highest BCUT2D eigenvalue weighted by Gasteiger charge is 2.20. The molecule has 0 bridgehead atoms. The van der Waals surface area contributed by atoms with E-state index in [0.29, 0.717) is 0 Å². The predicted molar refractivity (Wildman–Crippen MR) is 101 cm³/mol. The summed E-state index contributed by atoms with van der Waals surface area (Å²) in [5.74, 6) is -1.13. The molecule has 26 heavy (non-hydrogen) atoms. The third-order valence-electron chi connectivity index (χ3n) is 3.34. The number of thiophene rings is 1. The molecule has 0 fully saturated rings. The van der Waals surface area contributed by atoms with Crippen molar-refractivity contribution in [3.63, 3.8) is 0 Å². The summed E-state index contributed by atoms with van der Waals surface area (Å²) in [4.78, 5) is 24.0. The second-order valence-electron chi connectivity index (χ2n) is 5.22. The van der Waals surface area contributed by atoms with E-state index in [0.717, 1.165) is 26.6 Å². The molecular formula is C17H18N2O5S2. The molecule has 0 aliphatic rings. The van der Waals surface area contributed by atoms with E-state index >= 15 is 0 Å². The van der Waals surface area contributed by atoms with E-state index in [2.05, 4.69) is 10.1 Å². The van der Waals surface area contributed by atoms with Crippen LogP contribution in [0.4, 0.5) is 5.69 Å². The minimum Gasteiger partial charge on any atom is -0.465 e. The average Bonchev–Trinajstić information content (AvgIpc) is 3.08. The number of likely N-dealkylation sites (N-methyl/N-ethyl adjacent to an activating group) is 1. The van der Waals surface area contributed by atoms with Gasteiger partial charge >= 0.3 is 5.97 Å². The minimum absolute atomic E-state index is 0.246. The Hall–Kier alpha value is -2.49. The van der Waals surface area contributed by atoms with Crippen molar-refractivity contribution in [3.05, 3.63) is 57.6 Å². The maximum atomic E-state index is 12.3. The number of anilines is 1. The lowest BCUT2D eigenvalue weighted by Crippen LogP contribution is -2.33. The maximum absolute atomic E-state index is 12.3. The summed E-state index contributed by atoms with van der Waals surface area (Å²) in [6.07, 6.45) is 1.46. The van der Waals surface area contributed by atoms with Gasteiger partial charge in [0.25, 0.3) is 0 Å². The summed E-state index contributed by atoms with van der Waals surface area (Å²) in [6.45, 7) is -0.391. The second kappa shape index (κ2) is 8.75. The molecule has 7 nitrogen and oxygen atoms in total. The van der Waals surface area contributed by atoms with Crippen molar-refractivity contribution < 1.29 is 22.7 Å². The van der Waals surface area contributed by atoms with Crippen molar-refractivity contribution in [2.75, 3.05) is 26.0 Å². The van der Waals surface area contributed by atoms with Crippen LogP contribution in [0, 0.1) is 0 Å². The number of rotatable bonds is 7. The van der Waals surface area contributed by atoms with E-state index in [4.69, 9.17) is 0 Å². The summed E-state index contributed by atoms with van der Waals surface area (Å²) >= 11 is 1.12. The summed E-state index contributed by atoms with van der Waals surface area (Å²) in [5.41, 5.74) is 1.02. The van der Waals surface area contributed by atoms with E-state index in [1.807, 2.05) is 6.07 Å². The maximum Gasteiger partial charge on any atom is 0.350 e. The van der Waals surface area contributed by atoms with E-state index < -0.39 is 28.4 Å². The molecule has 0 atom stereocenters. The number of nitrogens with one attached hydrogen (secondary N) is 1. The van der Waals surface area contributed by atoms with Crippen LogP contribution in [0.1, 0.15) is 15.2 Å². The topological polar surface area (TPSA) is 92.8 Å². The normalized spacial score (nSPS) is 11.7. The van der Waals surface area contributed by atoms with Crippen molar-refractivity contribution >= 4 is 45.0 Å². The third-order valence-corrected chi connectivity index (χ3v) is 5.72. The summed E-state index contributed by atoms with van der Waals surface area (Å²) < 4.78 is 30.1. The van der Waals surface area contributed by atoms with Crippen molar-refractivity contribution in [2.24, 2.45) is 0 Å². The highest BCUT2D eigenvalue weighted by Crippen LogP contribution is 2.23. The second-order valence-corrected chi connectivity index (χ2v) is 8.06. The molecule has 1 amide bonds. The number of hydrogen-bond acceptors (Lipinski definition) is 6. The van der Waals surface area contributed by atoms with E-state index in [9.17, 15) is 18.0 Å². The van der Waals surface area contributed by atoms with E-state index in [1.54, 1.807) is 35.7 Å². The zero-order valence-corrected chi connectivity index (χ0v) is 15.8. The lowest BCUT2D eigenvalue weighted by Gasteiger charge is -2.14. The fourth-order valence-electron chi connectivity index (χ4n) is 1.97. The van der Waals surface area contributed by atoms with Crippen LogP contribution in [0.3, 0.4) is 0 Å². The number of nitrogens with zero attached hydrogens (tertiary/aromatic N) is 1. The van der Waals surface area contributed by atoms with Gasteiger partial charge in [0.2, 0.25) is 15.9 Å². The molecular weight excluding hydrogens is 376 g/mol. The first-order valence-electron chi connectivity index (χ1n) is 7.48. The molecule has 9 heteroatoms. The molecule has 2 rings (SSSR count). The average molecular weight is 394 g/mol. The molecule has 0 saturated carbocycles. The number of esters is 1. The van der Waals surface area contributed by atoms with Crippen LogP contribution in [0.15, 0.2) is 47.2 Å². The Morgan fingerprint density at radius 1 is 1.23 bits per heavy atom. The Morgan fingerprint density at radius 2 is 1.92 bits per heavy atom. The molecule has 0 aliphatic carbocycles. The van der Waals surface area contributed by atoms with Gasteiger partial charge in [-0.25, -0.2) is 13.2 Å². The van der Waals surface area contributed by atoms with E-state index in [1.165, 1.54) is 20.2 Å². The van der Waals surface area contributed by atoms with Crippen molar-refractivity contribution in [1.82, 2.24) is 4.31 Å². The standard InChI is InChI=1S/C17H18N2O5S2/c1-19(26(22,23)11-9-13-6-4-3-5-7-13)12-15(20)18-14-8-10-25-16(14)17(21)24-2/h3-11H,12H2,1-2H3,(H,18,20). The van der Waals surface area contributed by atoms with Gasteiger partial charge in [-0.15, -0.1) is 11.3 Å². The summed E-state index contributed by atoms with van der Waals surface area (Å²) in [6, 6.07) is 10.5. The zero-order valence-electron chi connectivity index (χ0n) is 14.2. The van der Waals surface area contributed by atoms with Gasteiger partial charge in [0, 0.05) is 12.5 Å². The number of sulfonamides is 1. The Kier molecular flexibility index (Phi) is 6.67. The monoisotopic (exact) mass is 394 g/mol. The number of ether oxygens (including phenoxy) is 1. The molecule has 0 aliphatic heterocycles. The van der Waals surface area contributed by atoms with Crippen LogP contribution < -0.4 is 5.32 Å². The van der Waals surface area contributed by atoms with Crippen LogP contribution >= 0.6 is 11.3 Å². The quantitative estimate of drug-likeness (QED) is 0.728. The van der Waals surface area contributed by atoms with Gasteiger partial charge in [-0.2, -0.15) is 4.31 Å². The number of carbonyl (C=O) groups is 2. The zero-order chi connectivity index (χ0) is 19.2. The number of amides is 1. The molecule has 138 valence electrons. The highest BCUT2D eigenvalue weighted by molar-refractivity contribution is 7.92. The lowest BCUT2D eigenvalue weighted by atomic mass is 10.2. The third kappa shape index (κ3) is 5.25. The van der Waals surface area contributed by atoms with Crippen LogP contribution in [-0.4, -0.2) is 45.3 Å².